The second-order valence-corrected chi connectivity index (χ2v) is 5.43. The fraction of sp³-hybridized carbons (Fsp3) is 0.364. The molecule has 0 bridgehead atoms. The lowest BCUT2D eigenvalue weighted by Crippen LogP contribution is -2.21. The first-order valence-corrected chi connectivity index (χ1v) is 6.91. The Morgan fingerprint density at radius 2 is 2.19 bits per heavy atom. The first-order valence-electron chi connectivity index (χ1n) is 5.54. The van der Waals surface area contributed by atoms with Gasteiger partial charge in [-0.3, -0.25) is 4.79 Å². The van der Waals surface area contributed by atoms with Gasteiger partial charge in [0.05, 0.1) is 16.3 Å². The van der Waals surface area contributed by atoms with E-state index >= 15 is 0 Å². The number of hydrogen-bond donors (Lipinski definition) is 1. The fourth-order valence-electron chi connectivity index (χ4n) is 1.10. The Morgan fingerprint density at radius 1 is 1.52 bits per heavy atom. The SMILES string of the molecule is CN(C)/C=N\NC(=O)CSc1cc(C(F)(F)F)cc(Cl)n1. The summed E-state index contributed by atoms with van der Waals surface area (Å²) in [5.74, 6) is -0.594. The second kappa shape index (κ2) is 7.51. The van der Waals surface area contributed by atoms with Gasteiger partial charge in [-0.15, -0.1) is 0 Å². The molecule has 1 amide bonds. The lowest BCUT2D eigenvalue weighted by Gasteiger charge is -2.08. The molecular weight excluding hydrogens is 329 g/mol. The van der Waals surface area contributed by atoms with Crippen LogP contribution in [0.1, 0.15) is 5.56 Å². The van der Waals surface area contributed by atoms with E-state index in [0.717, 1.165) is 23.9 Å². The van der Waals surface area contributed by atoms with Gasteiger partial charge in [-0.1, -0.05) is 23.4 Å². The average molecular weight is 341 g/mol. The number of aromatic nitrogens is 1. The first kappa shape index (κ1) is 17.6. The molecule has 1 rings (SSSR count). The molecule has 0 aliphatic carbocycles. The summed E-state index contributed by atoms with van der Waals surface area (Å²) in [6, 6.07) is 1.57. The maximum absolute atomic E-state index is 12.6. The number of alkyl halides is 3. The number of halogens is 4. The molecular formula is C11H12ClF3N4OS. The molecule has 21 heavy (non-hydrogen) atoms. The number of pyridine rings is 1. The van der Waals surface area contributed by atoms with E-state index in [1.165, 1.54) is 6.34 Å². The Bertz CT molecular complexity index is 537. The summed E-state index contributed by atoms with van der Waals surface area (Å²) in [4.78, 5) is 16.8. The van der Waals surface area contributed by atoms with Crippen molar-refractivity contribution in [1.82, 2.24) is 15.3 Å². The van der Waals surface area contributed by atoms with E-state index < -0.39 is 17.6 Å². The summed E-state index contributed by atoms with van der Waals surface area (Å²) >= 11 is 6.37. The third-order valence-corrected chi connectivity index (χ3v) is 3.03. The molecule has 0 unspecified atom stereocenters. The number of hydrogen-bond acceptors (Lipinski definition) is 4. The smallest absolute Gasteiger partial charge is 0.367 e. The number of thioether (sulfide) groups is 1. The molecule has 5 nitrogen and oxygen atoms in total. The number of carbonyl (C=O) groups excluding carboxylic acids is 1. The molecule has 0 saturated heterocycles. The molecule has 0 saturated carbocycles. The molecule has 0 aromatic carbocycles. The Kier molecular flexibility index (Phi) is 6.28. The Morgan fingerprint density at radius 3 is 2.76 bits per heavy atom. The van der Waals surface area contributed by atoms with E-state index in [1.54, 1.807) is 19.0 Å². The number of rotatable bonds is 5. The van der Waals surface area contributed by atoms with Crippen molar-refractivity contribution >= 4 is 35.6 Å². The average Bonchev–Trinajstić information content (AvgIpc) is 2.34. The van der Waals surface area contributed by atoms with E-state index in [-0.39, 0.29) is 15.9 Å². The minimum atomic E-state index is -4.51. The molecule has 1 N–H and O–H groups in total. The summed E-state index contributed by atoms with van der Waals surface area (Å²) in [6.07, 6.45) is -3.14. The lowest BCUT2D eigenvalue weighted by molar-refractivity contribution is -0.137. The molecule has 0 atom stereocenters. The van der Waals surface area contributed by atoms with Crippen molar-refractivity contribution in [3.63, 3.8) is 0 Å². The van der Waals surface area contributed by atoms with Crippen LogP contribution in [0.25, 0.3) is 0 Å². The molecule has 10 heteroatoms. The van der Waals surface area contributed by atoms with Gasteiger partial charge >= 0.3 is 6.18 Å². The molecule has 1 aromatic heterocycles. The molecule has 116 valence electrons. The van der Waals surface area contributed by atoms with Gasteiger partial charge in [0.2, 0.25) is 0 Å². The number of hydrazone groups is 1. The highest BCUT2D eigenvalue weighted by Crippen LogP contribution is 2.32. The van der Waals surface area contributed by atoms with E-state index in [9.17, 15) is 18.0 Å². The summed E-state index contributed by atoms with van der Waals surface area (Å²) < 4.78 is 37.8. The van der Waals surface area contributed by atoms with Gasteiger partial charge in [0.25, 0.3) is 5.91 Å². The molecule has 0 aliphatic rings. The topological polar surface area (TPSA) is 57.6 Å². The Balaban J connectivity index is 2.63. The van der Waals surface area contributed by atoms with Crippen LogP contribution in [0.2, 0.25) is 5.15 Å². The zero-order chi connectivity index (χ0) is 16.0. The van der Waals surface area contributed by atoms with E-state index in [2.05, 4.69) is 15.5 Å². The summed E-state index contributed by atoms with van der Waals surface area (Å²) in [5, 5.41) is 3.36. The van der Waals surface area contributed by atoms with Gasteiger partial charge in [0.15, 0.2) is 0 Å². The van der Waals surface area contributed by atoms with Crippen LogP contribution in [0.4, 0.5) is 13.2 Å². The van der Waals surface area contributed by atoms with Crippen LogP contribution < -0.4 is 5.43 Å². The van der Waals surface area contributed by atoms with Crippen molar-refractivity contribution in [2.45, 2.75) is 11.2 Å². The predicted octanol–water partition coefficient (Wildman–Crippen LogP) is 2.47. The summed E-state index contributed by atoms with van der Waals surface area (Å²) in [7, 11) is 3.44. The summed E-state index contributed by atoms with van der Waals surface area (Å²) in [5.41, 5.74) is 1.32. The monoisotopic (exact) mass is 340 g/mol. The highest BCUT2D eigenvalue weighted by molar-refractivity contribution is 7.99. The van der Waals surface area contributed by atoms with Gasteiger partial charge in [0, 0.05) is 14.1 Å². The number of nitrogens with zero attached hydrogens (tertiary/aromatic N) is 3. The maximum Gasteiger partial charge on any atom is 0.416 e. The molecule has 0 radical (unpaired) electrons. The number of carbonyl (C=O) groups is 1. The van der Waals surface area contributed by atoms with Crippen LogP contribution in [0, 0.1) is 0 Å². The fourth-order valence-corrected chi connectivity index (χ4v) is 2.07. The quantitative estimate of drug-likeness (QED) is 0.294. The first-order chi connectivity index (χ1) is 9.68. The van der Waals surface area contributed by atoms with Crippen molar-refractivity contribution in [2.24, 2.45) is 5.10 Å². The highest BCUT2D eigenvalue weighted by atomic mass is 35.5. The normalized spacial score (nSPS) is 11.7. The number of nitrogens with one attached hydrogen (secondary N) is 1. The van der Waals surface area contributed by atoms with Crippen molar-refractivity contribution in [3.8, 4) is 0 Å². The third kappa shape index (κ3) is 6.67. The maximum atomic E-state index is 12.6. The van der Waals surface area contributed by atoms with Crippen LogP contribution in [0.15, 0.2) is 22.3 Å². The Labute approximate surface area is 128 Å². The van der Waals surface area contributed by atoms with Gasteiger partial charge in [-0.25, -0.2) is 10.4 Å². The second-order valence-electron chi connectivity index (χ2n) is 4.05. The Hall–Kier alpha value is -1.48. The van der Waals surface area contributed by atoms with Crippen LogP contribution in [-0.4, -0.2) is 42.0 Å². The van der Waals surface area contributed by atoms with Crippen LogP contribution in [0.5, 0.6) is 0 Å². The van der Waals surface area contributed by atoms with E-state index in [1.807, 2.05) is 0 Å². The predicted molar refractivity (Wildman–Crippen MR) is 75.3 cm³/mol. The lowest BCUT2D eigenvalue weighted by atomic mass is 10.3. The standard InChI is InChI=1S/C11H12ClF3N4OS/c1-19(2)6-16-18-9(20)5-21-10-4-7(11(13,14)15)3-8(12)17-10/h3-4,6H,5H2,1-2H3,(H,18,20)/b16-6-. The molecule has 0 spiro atoms. The van der Waals surface area contributed by atoms with Crippen molar-refractivity contribution in [1.29, 1.82) is 0 Å². The number of amides is 1. The van der Waals surface area contributed by atoms with E-state index in [0.29, 0.717) is 0 Å². The molecule has 1 aromatic rings. The van der Waals surface area contributed by atoms with Crippen molar-refractivity contribution < 1.29 is 18.0 Å². The molecule has 1 heterocycles. The van der Waals surface area contributed by atoms with Gasteiger partial charge in [-0.2, -0.15) is 18.3 Å². The van der Waals surface area contributed by atoms with Gasteiger partial charge in [0.1, 0.15) is 11.5 Å². The largest absolute Gasteiger partial charge is 0.416 e. The van der Waals surface area contributed by atoms with Crippen molar-refractivity contribution in [3.05, 3.63) is 22.8 Å². The van der Waals surface area contributed by atoms with Crippen molar-refractivity contribution in [2.75, 3.05) is 19.8 Å². The zero-order valence-corrected chi connectivity index (χ0v) is 12.7. The molecule has 0 aliphatic heterocycles. The van der Waals surface area contributed by atoms with Crippen LogP contribution in [-0.2, 0) is 11.0 Å². The van der Waals surface area contributed by atoms with Gasteiger partial charge < -0.3 is 4.90 Å². The zero-order valence-electron chi connectivity index (χ0n) is 11.1. The third-order valence-electron chi connectivity index (χ3n) is 1.93. The minimum absolute atomic E-state index is 0.0153. The highest BCUT2D eigenvalue weighted by Gasteiger charge is 2.31. The van der Waals surface area contributed by atoms with E-state index in [4.69, 9.17) is 11.6 Å². The van der Waals surface area contributed by atoms with Crippen LogP contribution in [0.3, 0.4) is 0 Å². The molecule has 0 fully saturated rings. The minimum Gasteiger partial charge on any atom is -0.367 e. The summed E-state index contributed by atoms with van der Waals surface area (Å²) in [6.45, 7) is 0. The van der Waals surface area contributed by atoms with Gasteiger partial charge in [-0.05, 0) is 12.1 Å². The van der Waals surface area contributed by atoms with Crippen LogP contribution >= 0.6 is 23.4 Å².